The van der Waals surface area contributed by atoms with Crippen molar-refractivity contribution in [2.24, 2.45) is 0 Å². The quantitative estimate of drug-likeness (QED) is 0.343. The van der Waals surface area contributed by atoms with E-state index in [1.165, 1.54) is 0 Å². The van der Waals surface area contributed by atoms with Crippen LogP contribution >= 0.6 is 0 Å². The highest BCUT2D eigenvalue weighted by Gasteiger charge is 2.16. The first-order valence-corrected chi connectivity index (χ1v) is 11.2. The lowest BCUT2D eigenvalue weighted by atomic mass is 10.1. The molecule has 0 aliphatic carbocycles. The summed E-state index contributed by atoms with van der Waals surface area (Å²) in [7, 11) is 0. The zero-order valence-electron chi connectivity index (χ0n) is 19.4. The van der Waals surface area contributed by atoms with Gasteiger partial charge in [0.2, 0.25) is 11.9 Å². The molecule has 3 N–H and O–H groups in total. The molecule has 3 aromatic heterocycles. The Morgan fingerprint density at radius 2 is 1.77 bits per heavy atom. The molecule has 0 amide bonds. The number of nitrogens with zero attached hydrogens (tertiary/aromatic N) is 6. The number of nitrogens with two attached hydrogens (primary N) is 1. The largest absolute Gasteiger partial charge is 0.457 e. The number of aromatic nitrogens is 6. The number of carbonyl (C=O) groups is 1. The molecule has 5 aromatic rings. The summed E-state index contributed by atoms with van der Waals surface area (Å²) < 4.78 is 7.25. The van der Waals surface area contributed by atoms with Crippen LogP contribution in [0.25, 0.3) is 16.6 Å². The Morgan fingerprint density at radius 3 is 2.60 bits per heavy atom. The molecule has 35 heavy (non-hydrogen) atoms. The molecular formula is C25H24N8O2. The Labute approximate surface area is 201 Å². The monoisotopic (exact) mass is 468 g/mol. The van der Waals surface area contributed by atoms with Gasteiger partial charge in [0.15, 0.2) is 18.1 Å². The van der Waals surface area contributed by atoms with Crippen LogP contribution in [0.3, 0.4) is 0 Å². The second-order valence-corrected chi connectivity index (χ2v) is 8.10. The number of nitrogens with one attached hydrogen (secondary N) is 1. The van der Waals surface area contributed by atoms with Gasteiger partial charge in [0, 0.05) is 28.9 Å². The van der Waals surface area contributed by atoms with Crippen LogP contribution in [0, 0.1) is 13.8 Å². The number of aryl methyl sites for hydroxylation is 2. The second kappa shape index (κ2) is 9.34. The molecule has 10 nitrogen and oxygen atoms in total. The van der Waals surface area contributed by atoms with E-state index in [1.807, 2.05) is 73.0 Å². The Kier molecular flexibility index (Phi) is 5.92. The van der Waals surface area contributed by atoms with Gasteiger partial charge in [0.25, 0.3) is 0 Å². The number of ether oxygens (including phenoxy) is 1. The van der Waals surface area contributed by atoms with Crippen LogP contribution in [0.2, 0.25) is 0 Å². The van der Waals surface area contributed by atoms with Crippen molar-refractivity contribution < 1.29 is 9.53 Å². The lowest BCUT2D eigenvalue weighted by Crippen LogP contribution is -2.12. The van der Waals surface area contributed by atoms with Gasteiger partial charge in [0.05, 0.1) is 5.52 Å². The molecule has 0 fully saturated rings. The van der Waals surface area contributed by atoms with Gasteiger partial charge in [-0.2, -0.15) is 20.1 Å². The summed E-state index contributed by atoms with van der Waals surface area (Å²) in [4.78, 5) is 29.7. The van der Waals surface area contributed by atoms with E-state index in [9.17, 15) is 4.79 Å². The van der Waals surface area contributed by atoms with Gasteiger partial charge in [-0.05, 0) is 50.1 Å². The minimum atomic E-state index is -0.369. The summed E-state index contributed by atoms with van der Waals surface area (Å²) in [5, 5.41) is 8.72. The van der Waals surface area contributed by atoms with E-state index < -0.39 is 0 Å². The predicted molar refractivity (Wildman–Crippen MR) is 132 cm³/mol. The third-order valence-corrected chi connectivity index (χ3v) is 5.69. The van der Waals surface area contributed by atoms with Crippen LogP contribution in [0.15, 0.2) is 54.6 Å². The smallest absolute Gasteiger partial charge is 0.306 e. The molecule has 0 saturated carbocycles. The van der Waals surface area contributed by atoms with Crippen molar-refractivity contribution >= 4 is 40.1 Å². The van der Waals surface area contributed by atoms with Gasteiger partial charge in [-0.25, -0.2) is 9.50 Å². The number of fused-ring (bicyclic) bond motifs is 3. The number of hydrogen-bond donors (Lipinski definition) is 2. The highest BCUT2D eigenvalue weighted by Crippen LogP contribution is 2.23. The standard InChI is InChI=1S/C25H24N8O2/c1-15-18(16(2)33-23(27-15)19-10-6-7-11-20(19)32-33)12-13-22(34)35-14-21-29-24(26)31-25(30-21)28-17-8-4-3-5-9-17/h3-11H,12-14H2,1-2H3,(H3,26,28,29,30,31). The molecule has 10 heteroatoms. The van der Waals surface area contributed by atoms with E-state index >= 15 is 0 Å². The van der Waals surface area contributed by atoms with Gasteiger partial charge in [-0.3, -0.25) is 4.79 Å². The molecular weight excluding hydrogens is 444 g/mol. The van der Waals surface area contributed by atoms with E-state index in [4.69, 9.17) is 15.5 Å². The topological polar surface area (TPSA) is 133 Å². The molecule has 3 heterocycles. The number of rotatable bonds is 7. The van der Waals surface area contributed by atoms with Crippen LogP contribution in [-0.2, 0) is 22.6 Å². The summed E-state index contributed by atoms with van der Waals surface area (Å²) in [6, 6.07) is 17.3. The Morgan fingerprint density at radius 1 is 1.00 bits per heavy atom. The van der Waals surface area contributed by atoms with Crippen LogP contribution in [0.5, 0.6) is 0 Å². The first kappa shape index (κ1) is 22.2. The van der Waals surface area contributed by atoms with E-state index in [0.29, 0.717) is 6.42 Å². The van der Waals surface area contributed by atoms with Gasteiger partial charge < -0.3 is 15.8 Å². The van der Waals surface area contributed by atoms with Crippen LogP contribution in [-0.4, -0.2) is 35.5 Å². The molecule has 0 spiro atoms. The molecule has 0 radical (unpaired) electrons. The Balaban J connectivity index is 1.25. The minimum absolute atomic E-state index is 0.0433. The van der Waals surface area contributed by atoms with Crippen molar-refractivity contribution in [3.63, 3.8) is 0 Å². The Bertz CT molecular complexity index is 1530. The molecule has 0 bridgehead atoms. The first-order chi connectivity index (χ1) is 17.0. The zero-order valence-corrected chi connectivity index (χ0v) is 19.4. The number of nitrogen functional groups attached to an aromatic ring is 1. The summed E-state index contributed by atoms with van der Waals surface area (Å²) in [6.45, 7) is 3.84. The van der Waals surface area contributed by atoms with Gasteiger partial charge in [-0.1, -0.05) is 30.3 Å². The SMILES string of the molecule is Cc1nc2c3ccccc3nn2c(C)c1CCC(=O)OCc1nc(N)nc(Nc2ccccc2)n1. The average Bonchev–Trinajstić information content (AvgIpc) is 3.22. The van der Waals surface area contributed by atoms with Crippen LogP contribution in [0.1, 0.15) is 29.2 Å². The normalized spacial score (nSPS) is 11.1. The molecule has 0 atom stereocenters. The van der Waals surface area contributed by atoms with Gasteiger partial charge in [0.1, 0.15) is 0 Å². The number of carbonyl (C=O) groups excluding carboxylic acids is 1. The number of esters is 1. The molecule has 2 aromatic carbocycles. The van der Waals surface area contributed by atoms with E-state index in [0.717, 1.165) is 39.2 Å². The van der Waals surface area contributed by atoms with E-state index in [2.05, 4.69) is 25.4 Å². The summed E-state index contributed by atoms with van der Waals surface area (Å²) in [5.74, 6) is 0.225. The first-order valence-electron chi connectivity index (χ1n) is 11.2. The minimum Gasteiger partial charge on any atom is -0.457 e. The average molecular weight is 469 g/mol. The summed E-state index contributed by atoms with van der Waals surface area (Å²) in [6.07, 6.45) is 0.668. The van der Waals surface area contributed by atoms with Crippen molar-refractivity contribution in [2.75, 3.05) is 11.1 Å². The lowest BCUT2D eigenvalue weighted by Gasteiger charge is -2.11. The number of hydrogen-bond acceptors (Lipinski definition) is 9. The maximum absolute atomic E-state index is 12.5. The lowest BCUT2D eigenvalue weighted by molar-refractivity contribution is -0.145. The molecule has 0 aliphatic heterocycles. The van der Waals surface area contributed by atoms with Crippen molar-refractivity contribution in [1.29, 1.82) is 0 Å². The number of para-hydroxylation sites is 1. The number of anilines is 3. The molecule has 5 rings (SSSR count). The van der Waals surface area contributed by atoms with Gasteiger partial charge in [-0.15, -0.1) is 0 Å². The fraction of sp³-hybridized carbons (Fsp3) is 0.200. The molecule has 0 saturated heterocycles. The Hall–Kier alpha value is -4.60. The molecule has 0 unspecified atom stereocenters. The molecule has 0 aliphatic rings. The van der Waals surface area contributed by atoms with E-state index in [-0.39, 0.29) is 36.7 Å². The van der Waals surface area contributed by atoms with Crippen molar-refractivity contribution in [3.05, 3.63) is 77.4 Å². The summed E-state index contributed by atoms with van der Waals surface area (Å²) in [5.41, 5.74) is 11.1. The maximum atomic E-state index is 12.5. The second-order valence-electron chi connectivity index (χ2n) is 8.10. The predicted octanol–water partition coefficient (Wildman–Crippen LogP) is 3.69. The highest BCUT2D eigenvalue weighted by atomic mass is 16.5. The van der Waals surface area contributed by atoms with Crippen molar-refractivity contribution in [2.45, 2.75) is 33.3 Å². The van der Waals surface area contributed by atoms with Crippen LogP contribution < -0.4 is 11.1 Å². The third-order valence-electron chi connectivity index (χ3n) is 5.69. The summed E-state index contributed by atoms with van der Waals surface area (Å²) >= 11 is 0. The fourth-order valence-electron chi connectivity index (χ4n) is 3.99. The molecule has 176 valence electrons. The van der Waals surface area contributed by atoms with E-state index in [1.54, 1.807) is 0 Å². The third kappa shape index (κ3) is 4.72. The van der Waals surface area contributed by atoms with Crippen molar-refractivity contribution in [1.82, 2.24) is 29.5 Å². The van der Waals surface area contributed by atoms with Crippen LogP contribution in [0.4, 0.5) is 17.6 Å². The number of benzene rings is 2. The zero-order chi connectivity index (χ0) is 24.4. The van der Waals surface area contributed by atoms with Crippen molar-refractivity contribution in [3.8, 4) is 0 Å². The highest BCUT2D eigenvalue weighted by molar-refractivity contribution is 5.92. The maximum Gasteiger partial charge on any atom is 0.306 e. The fourth-order valence-corrected chi connectivity index (χ4v) is 3.99. The van der Waals surface area contributed by atoms with Gasteiger partial charge >= 0.3 is 5.97 Å².